The number of hydrogen-bond donors (Lipinski definition) is 0. The lowest BCUT2D eigenvalue weighted by atomic mass is 10.1. The third kappa shape index (κ3) is 3.87. The van der Waals surface area contributed by atoms with Crippen molar-refractivity contribution in [3.63, 3.8) is 0 Å². The van der Waals surface area contributed by atoms with Gasteiger partial charge in [-0.1, -0.05) is 0 Å². The molecule has 0 unspecified atom stereocenters. The average Bonchev–Trinajstić information content (AvgIpc) is 3.33. The van der Waals surface area contributed by atoms with E-state index < -0.39 is 0 Å². The Balaban J connectivity index is 1.26. The Bertz CT molecular complexity index is 1070. The maximum Gasteiger partial charge on any atom is 0.269 e. The van der Waals surface area contributed by atoms with E-state index in [1.807, 2.05) is 0 Å². The highest BCUT2D eigenvalue weighted by Gasteiger charge is 2.20. The van der Waals surface area contributed by atoms with Crippen LogP contribution in [0.3, 0.4) is 0 Å². The summed E-state index contributed by atoms with van der Waals surface area (Å²) in [5.74, 6) is 1.07. The quantitative estimate of drug-likeness (QED) is 0.639. The molecule has 2 aliphatic rings. The second-order valence-corrected chi connectivity index (χ2v) is 8.03. The van der Waals surface area contributed by atoms with E-state index in [1.54, 1.807) is 23.3 Å². The zero-order valence-electron chi connectivity index (χ0n) is 17.2. The average molecular weight is 406 g/mol. The second-order valence-electron chi connectivity index (χ2n) is 8.03. The van der Waals surface area contributed by atoms with Gasteiger partial charge >= 0.3 is 0 Å². The summed E-state index contributed by atoms with van der Waals surface area (Å²) >= 11 is 0. The van der Waals surface area contributed by atoms with Gasteiger partial charge in [0.1, 0.15) is 12.1 Å². The molecule has 2 aromatic heterocycles. The molecule has 5 rings (SSSR count). The molecule has 0 radical (unpaired) electrons. The predicted molar refractivity (Wildman–Crippen MR) is 118 cm³/mol. The van der Waals surface area contributed by atoms with Gasteiger partial charge in [0.2, 0.25) is 0 Å². The molecule has 0 bridgehead atoms. The summed E-state index contributed by atoms with van der Waals surface area (Å²) in [6.07, 6.45) is 8.95. The van der Waals surface area contributed by atoms with Crippen molar-refractivity contribution in [1.29, 1.82) is 0 Å². The number of hydrogen-bond acceptors (Lipinski definition) is 7. The fourth-order valence-electron chi connectivity index (χ4n) is 4.45. The highest BCUT2D eigenvalue weighted by Crippen LogP contribution is 2.29. The molecule has 0 amide bonds. The van der Waals surface area contributed by atoms with Crippen LogP contribution in [0.2, 0.25) is 0 Å². The van der Waals surface area contributed by atoms with Gasteiger partial charge < -0.3 is 14.4 Å². The van der Waals surface area contributed by atoms with Crippen LogP contribution in [0.4, 0.5) is 11.5 Å². The second kappa shape index (κ2) is 8.39. The van der Waals surface area contributed by atoms with Crippen LogP contribution in [0.25, 0.3) is 10.9 Å². The van der Waals surface area contributed by atoms with Crippen molar-refractivity contribution in [2.75, 3.05) is 55.6 Å². The van der Waals surface area contributed by atoms with Gasteiger partial charge in [-0.15, -0.1) is 0 Å². The Labute approximate surface area is 175 Å². The maximum absolute atomic E-state index is 11.8. The van der Waals surface area contributed by atoms with Crippen LogP contribution in [0.1, 0.15) is 12.8 Å². The number of aromatic nitrogens is 4. The van der Waals surface area contributed by atoms with Crippen molar-refractivity contribution in [2.24, 2.45) is 0 Å². The Morgan fingerprint density at radius 2 is 1.73 bits per heavy atom. The van der Waals surface area contributed by atoms with Gasteiger partial charge in [0.25, 0.3) is 5.56 Å². The molecular formula is C22H27N7O. The van der Waals surface area contributed by atoms with E-state index in [0.29, 0.717) is 6.54 Å². The summed E-state index contributed by atoms with van der Waals surface area (Å²) in [6.45, 7) is 7.67. The Morgan fingerprint density at radius 3 is 2.53 bits per heavy atom. The number of piperazine rings is 1. The Morgan fingerprint density at radius 1 is 0.900 bits per heavy atom. The van der Waals surface area contributed by atoms with Crippen molar-refractivity contribution < 1.29 is 0 Å². The summed E-state index contributed by atoms with van der Waals surface area (Å²) in [6, 6.07) is 6.55. The molecule has 30 heavy (non-hydrogen) atoms. The molecule has 8 nitrogen and oxygen atoms in total. The molecule has 1 aromatic carbocycles. The van der Waals surface area contributed by atoms with Gasteiger partial charge in [-0.25, -0.2) is 9.97 Å². The molecule has 0 atom stereocenters. The summed E-state index contributed by atoms with van der Waals surface area (Å²) in [5.41, 5.74) is 2.21. The van der Waals surface area contributed by atoms with Gasteiger partial charge in [0.05, 0.1) is 11.7 Å². The van der Waals surface area contributed by atoms with Crippen LogP contribution in [0.15, 0.2) is 47.9 Å². The SMILES string of the molecule is O=c1cnccn1CCN1CCN(c2ccc3ncnc(N4CCCC4)c3c2)CC1. The van der Waals surface area contributed by atoms with Crippen LogP contribution >= 0.6 is 0 Å². The zero-order valence-corrected chi connectivity index (χ0v) is 17.2. The number of rotatable bonds is 5. The first kappa shape index (κ1) is 19.0. The van der Waals surface area contributed by atoms with Crippen molar-refractivity contribution in [1.82, 2.24) is 24.4 Å². The summed E-state index contributed by atoms with van der Waals surface area (Å²) in [4.78, 5) is 32.0. The standard InChI is InChI=1S/C22H27N7O/c30-21-16-23-5-8-28(21)14-11-26-9-12-27(13-10-26)18-3-4-20-19(15-18)22(25-17-24-20)29-6-1-2-7-29/h3-5,8,15-17H,1-2,6-7,9-14H2. The molecule has 2 aliphatic heterocycles. The summed E-state index contributed by atoms with van der Waals surface area (Å²) < 4.78 is 1.72. The monoisotopic (exact) mass is 405 g/mol. The molecule has 0 N–H and O–H groups in total. The topological polar surface area (TPSA) is 70.4 Å². The van der Waals surface area contributed by atoms with Gasteiger partial charge in [-0.2, -0.15) is 0 Å². The third-order valence-electron chi connectivity index (χ3n) is 6.20. The zero-order chi connectivity index (χ0) is 20.3. The molecule has 2 saturated heterocycles. The van der Waals surface area contributed by atoms with Crippen LogP contribution in [0.5, 0.6) is 0 Å². The van der Waals surface area contributed by atoms with E-state index in [9.17, 15) is 4.79 Å². The van der Waals surface area contributed by atoms with E-state index in [1.165, 1.54) is 24.7 Å². The highest BCUT2D eigenvalue weighted by atomic mass is 16.1. The molecule has 0 spiro atoms. The van der Waals surface area contributed by atoms with E-state index >= 15 is 0 Å². The lowest BCUT2D eigenvalue weighted by molar-refractivity contribution is 0.247. The van der Waals surface area contributed by atoms with E-state index in [2.05, 4.69) is 47.9 Å². The predicted octanol–water partition coefficient (Wildman–Crippen LogP) is 1.61. The minimum Gasteiger partial charge on any atom is -0.369 e. The molecule has 3 aromatic rings. The minimum absolute atomic E-state index is 0.0386. The largest absolute Gasteiger partial charge is 0.369 e. The molecule has 156 valence electrons. The number of nitrogens with zero attached hydrogens (tertiary/aromatic N) is 7. The molecule has 0 aliphatic carbocycles. The smallest absolute Gasteiger partial charge is 0.269 e. The maximum atomic E-state index is 11.8. The molecule has 4 heterocycles. The fourth-order valence-corrected chi connectivity index (χ4v) is 4.45. The van der Waals surface area contributed by atoms with E-state index in [0.717, 1.165) is 62.5 Å². The van der Waals surface area contributed by atoms with Crippen LogP contribution < -0.4 is 15.4 Å². The molecular weight excluding hydrogens is 378 g/mol. The first-order chi connectivity index (χ1) is 14.8. The molecule has 2 fully saturated rings. The number of benzene rings is 1. The summed E-state index contributed by atoms with van der Waals surface area (Å²) in [5, 5.41) is 1.15. The number of fused-ring (bicyclic) bond motifs is 1. The fraction of sp³-hybridized carbons (Fsp3) is 0.455. The van der Waals surface area contributed by atoms with Crippen molar-refractivity contribution in [3.8, 4) is 0 Å². The lowest BCUT2D eigenvalue weighted by Gasteiger charge is -2.36. The van der Waals surface area contributed by atoms with E-state index in [-0.39, 0.29) is 5.56 Å². The van der Waals surface area contributed by atoms with Crippen molar-refractivity contribution >= 4 is 22.4 Å². The normalized spacial score (nSPS) is 17.7. The third-order valence-corrected chi connectivity index (χ3v) is 6.20. The summed E-state index contributed by atoms with van der Waals surface area (Å²) in [7, 11) is 0. The van der Waals surface area contributed by atoms with Crippen LogP contribution in [-0.2, 0) is 6.54 Å². The number of anilines is 2. The Kier molecular flexibility index (Phi) is 5.31. The van der Waals surface area contributed by atoms with Crippen LogP contribution in [-0.4, -0.2) is 70.2 Å². The molecule has 0 saturated carbocycles. The van der Waals surface area contributed by atoms with E-state index in [4.69, 9.17) is 0 Å². The van der Waals surface area contributed by atoms with Gasteiger partial charge in [-0.05, 0) is 31.0 Å². The Hall–Kier alpha value is -3.00. The first-order valence-corrected chi connectivity index (χ1v) is 10.8. The first-order valence-electron chi connectivity index (χ1n) is 10.8. The molecule has 8 heteroatoms. The highest BCUT2D eigenvalue weighted by molar-refractivity contribution is 5.92. The lowest BCUT2D eigenvalue weighted by Crippen LogP contribution is -2.47. The minimum atomic E-state index is -0.0386. The van der Waals surface area contributed by atoms with Crippen molar-refractivity contribution in [2.45, 2.75) is 19.4 Å². The van der Waals surface area contributed by atoms with Gasteiger partial charge in [0.15, 0.2) is 0 Å². The van der Waals surface area contributed by atoms with Gasteiger partial charge in [0, 0.05) is 75.8 Å². The van der Waals surface area contributed by atoms with Crippen LogP contribution in [0, 0.1) is 0 Å². The van der Waals surface area contributed by atoms with Gasteiger partial charge in [-0.3, -0.25) is 14.7 Å². The van der Waals surface area contributed by atoms with Crippen molar-refractivity contribution in [3.05, 3.63) is 53.5 Å².